The molecule has 0 radical (unpaired) electrons. The lowest BCUT2D eigenvalue weighted by Crippen LogP contribution is -2.22. The number of hydrogen-bond donors (Lipinski definition) is 0. The van der Waals surface area contributed by atoms with E-state index in [4.69, 9.17) is 11.6 Å². The maximum absolute atomic E-state index is 11.1. The van der Waals surface area contributed by atoms with Crippen molar-refractivity contribution in [3.05, 3.63) is 58.9 Å². The summed E-state index contributed by atoms with van der Waals surface area (Å²) in [5.74, 6) is 0. The van der Waals surface area contributed by atoms with E-state index in [2.05, 4.69) is 4.98 Å². The highest BCUT2D eigenvalue weighted by molar-refractivity contribution is 6.33. The van der Waals surface area contributed by atoms with E-state index in [1.807, 2.05) is 42.3 Å². The predicted molar refractivity (Wildman–Crippen MR) is 78.1 cm³/mol. The van der Waals surface area contributed by atoms with E-state index < -0.39 is 0 Å². The largest absolute Gasteiger partial charge is 0.374 e. The number of carbonyl (C=O) groups is 1. The smallest absolute Gasteiger partial charge is 0.153 e. The Balaban J connectivity index is 2.10. The molecule has 2 rings (SSSR count). The van der Waals surface area contributed by atoms with E-state index in [0.717, 1.165) is 30.6 Å². The van der Waals surface area contributed by atoms with Crippen LogP contribution in [0, 0.1) is 0 Å². The quantitative estimate of drug-likeness (QED) is 0.785. The molecule has 0 fully saturated rings. The summed E-state index contributed by atoms with van der Waals surface area (Å²) < 4.78 is 0. The normalized spacial score (nSPS) is 10.2. The number of anilines is 1. The molecule has 0 atom stereocenters. The third-order valence-electron chi connectivity index (χ3n) is 2.99. The van der Waals surface area contributed by atoms with Crippen molar-refractivity contribution in [3.63, 3.8) is 0 Å². The Kier molecular flexibility index (Phi) is 4.53. The fourth-order valence-corrected chi connectivity index (χ4v) is 2.14. The van der Waals surface area contributed by atoms with Gasteiger partial charge >= 0.3 is 0 Å². The molecule has 0 N–H and O–H groups in total. The molecule has 1 aromatic heterocycles. The van der Waals surface area contributed by atoms with Gasteiger partial charge in [-0.2, -0.15) is 0 Å². The summed E-state index contributed by atoms with van der Waals surface area (Å²) in [4.78, 5) is 17.4. The van der Waals surface area contributed by atoms with Gasteiger partial charge in [-0.25, -0.2) is 0 Å². The van der Waals surface area contributed by atoms with Gasteiger partial charge in [0.05, 0.1) is 10.6 Å². The van der Waals surface area contributed by atoms with Gasteiger partial charge in [-0.1, -0.05) is 23.7 Å². The molecule has 1 aromatic carbocycles. The highest BCUT2D eigenvalue weighted by Crippen LogP contribution is 2.25. The lowest BCUT2D eigenvalue weighted by molar-refractivity contribution is 0.112. The maximum atomic E-state index is 11.1. The Morgan fingerprint density at radius 2 is 2.11 bits per heavy atom. The van der Waals surface area contributed by atoms with E-state index >= 15 is 0 Å². The van der Waals surface area contributed by atoms with Gasteiger partial charge in [0.2, 0.25) is 0 Å². The fraction of sp³-hybridized carbons (Fsp3) is 0.200. The van der Waals surface area contributed by atoms with Crippen LogP contribution in [0.15, 0.2) is 42.6 Å². The fourth-order valence-electron chi connectivity index (χ4n) is 1.92. The molecule has 98 valence electrons. The maximum Gasteiger partial charge on any atom is 0.153 e. The summed E-state index contributed by atoms with van der Waals surface area (Å²) >= 11 is 6.02. The van der Waals surface area contributed by atoms with Crippen LogP contribution in [0.5, 0.6) is 0 Å². The molecule has 1 heterocycles. The van der Waals surface area contributed by atoms with Crippen molar-refractivity contribution >= 4 is 23.6 Å². The average Bonchev–Trinajstić information content (AvgIpc) is 2.45. The molecule has 0 aliphatic heterocycles. The highest BCUT2D eigenvalue weighted by Gasteiger charge is 2.10. The van der Waals surface area contributed by atoms with E-state index in [9.17, 15) is 4.79 Å². The van der Waals surface area contributed by atoms with Crippen molar-refractivity contribution < 1.29 is 4.79 Å². The minimum atomic E-state index is 0.484. The Labute approximate surface area is 117 Å². The molecule has 0 amide bonds. The monoisotopic (exact) mass is 274 g/mol. The first kappa shape index (κ1) is 13.6. The lowest BCUT2D eigenvalue weighted by atomic mass is 10.1. The van der Waals surface area contributed by atoms with Gasteiger partial charge in [0, 0.05) is 37.6 Å². The van der Waals surface area contributed by atoms with Crippen molar-refractivity contribution in [2.45, 2.75) is 6.42 Å². The zero-order valence-electron chi connectivity index (χ0n) is 10.7. The molecule has 2 aromatic rings. The molecule has 0 aliphatic rings. The Hall–Kier alpha value is -1.87. The van der Waals surface area contributed by atoms with Crippen LogP contribution in [-0.4, -0.2) is 24.9 Å². The Morgan fingerprint density at radius 1 is 1.26 bits per heavy atom. The van der Waals surface area contributed by atoms with Gasteiger partial charge in [0.1, 0.15) is 0 Å². The van der Waals surface area contributed by atoms with Gasteiger partial charge in [0.15, 0.2) is 6.29 Å². The molecule has 0 aliphatic carbocycles. The molecular weight excluding hydrogens is 260 g/mol. The first-order valence-electron chi connectivity index (χ1n) is 6.07. The van der Waals surface area contributed by atoms with Crippen LogP contribution >= 0.6 is 11.6 Å². The number of rotatable bonds is 5. The van der Waals surface area contributed by atoms with Crippen molar-refractivity contribution in [1.82, 2.24) is 4.98 Å². The van der Waals surface area contributed by atoms with Crippen molar-refractivity contribution in [3.8, 4) is 0 Å². The number of benzene rings is 1. The summed E-state index contributed by atoms with van der Waals surface area (Å²) in [7, 11) is 1.95. The van der Waals surface area contributed by atoms with E-state index in [0.29, 0.717) is 10.6 Å². The van der Waals surface area contributed by atoms with Crippen LogP contribution in [-0.2, 0) is 6.42 Å². The minimum absolute atomic E-state index is 0.484. The van der Waals surface area contributed by atoms with Crippen LogP contribution in [0.25, 0.3) is 0 Å². The SMILES string of the molecule is CN(CCc1ccccn1)c1cccc(Cl)c1C=O. The number of aromatic nitrogens is 1. The van der Waals surface area contributed by atoms with E-state index in [1.165, 1.54) is 0 Å². The van der Waals surface area contributed by atoms with Gasteiger partial charge in [-0.05, 0) is 24.3 Å². The number of carbonyl (C=O) groups excluding carboxylic acids is 1. The summed E-state index contributed by atoms with van der Waals surface area (Å²) in [5.41, 5.74) is 2.41. The predicted octanol–water partition coefficient (Wildman–Crippen LogP) is 3.23. The number of likely N-dealkylation sites (N-methyl/N-ethyl adjacent to an activating group) is 1. The molecule has 0 spiro atoms. The van der Waals surface area contributed by atoms with Crippen molar-refractivity contribution in [1.29, 1.82) is 0 Å². The Morgan fingerprint density at radius 3 is 2.79 bits per heavy atom. The second kappa shape index (κ2) is 6.34. The molecular formula is C15H15ClN2O. The van der Waals surface area contributed by atoms with Gasteiger partial charge in [0.25, 0.3) is 0 Å². The number of pyridine rings is 1. The van der Waals surface area contributed by atoms with E-state index in [1.54, 1.807) is 12.3 Å². The van der Waals surface area contributed by atoms with Crippen LogP contribution in [0.1, 0.15) is 16.1 Å². The van der Waals surface area contributed by atoms with Gasteiger partial charge in [-0.15, -0.1) is 0 Å². The molecule has 4 heteroatoms. The molecule has 19 heavy (non-hydrogen) atoms. The molecule has 0 unspecified atom stereocenters. The third kappa shape index (κ3) is 3.32. The lowest BCUT2D eigenvalue weighted by Gasteiger charge is -2.21. The minimum Gasteiger partial charge on any atom is -0.374 e. The summed E-state index contributed by atoms with van der Waals surface area (Å²) in [5, 5.41) is 0.484. The van der Waals surface area contributed by atoms with Gasteiger partial charge < -0.3 is 4.90 Å². The molecule has 3 nitrogen and oxygen atoms in total. The first-order chi connectivity index (χ1) is 9.22. The first-order valence-corrected chi connectivity index (χ1v) is 6.45. The third-order valence-corrected chi connectivity index (χ3v) is 3.32. The van der Waals surface area contributed by atoms with Gasteiger partial charge in [-0.3, -0.25) is 9.78 Å². The molecule has 0 saturated carbocycles. The summed E-state index contributed by atoms with van der Waals surface area (Å²) in [6, 6.07) is 11.3. The van der Waals surface area contributed by atoms with Crippen LogP contribution in [0.4, 0.5) is 5.69 Å². The standard InChI is InChI=1S/C15H15ClN2O/c1-18(10-8-12-5-2-3-9-17-12)15-7-4-6-14(16)13(15)11-19/h2-7,9,11H,8,10H2,1H3. The number of nitrogens with zero attached hydrogens (tertiary/aromatic N) is 2. The summed E-state index contributed by atoms with van der Waals surface area (Å²) in [6.45, 7) is 0.776. The van der Waals surface area contributed by atoms with Crippen molar-refractivity contribution in [2.24, 2.45) is 0 Å². The summed E-state index contributed by atoms with van der Waals surface area (Å²) in [6.07, 6.45) is 3.41. The highest BCUT2D eigenvalue weighted by atomic mass is 35.5. The van der Waals surface area contributed by atoms with Crippen molar-refractivity contribution in [2.75, 3.05) is 18.5 Å². The second-order valence-corrected chi connectivity index (χ2v) is 4.69. The topological polar surface area (TPSA) is 33.2 Å². The Bertz CT molecular complexity index is 557. The number of hydrogen-bond acceptors (Lipinski definition) is 3. The number of aldehydes is 1. The van der Waals surface area contributed by atoms with Crippen LogP contribution in [0.2, 0.25) is 5.02 Å². The zero-order valence-corrected chi connectivity index (χ0v) is 11.5. The van der Waals surface area contributed by atoms with Crippen LogP contribution in [0.3, 0.4) is 0 Å². The second-order valence-electron chi connectivity index (χ2n) is 4.28. The molecule has 0 bridgehead atoms. The number of halogens is 1. The molecule has 0 saturated heterocycles. The van der Waals surface area contributed by atoms with Crippen LogP contribution < -0.4 is 4.90 Å². The average molecular weight is 275 g/mol. The zero-order chi connectivity index (χ0) is 13.7. The van der Waals surface area contributed by atoms with E-state index in [-0.39, 0.29) is 0 Å².